The van der Waals surface area contributed by atoms with Crippen molar-refractivity contribution < 1.29 is 4.42 Å². The van der Waals surface area contributed by atoms with E-state index in [2.05, 4.69) is 51.0 Å². The zero-order valence-corrected chi connectivity index (χ0v) is 13.2. The molecular formula is C16H30N2O. The van der Waals surface area contributed by atoms with Crippen LogP contribution in [0, 0.1) is 11.8 Å². The molecule has 0 radical (unpaired) electrons. The highest BCUT2D eigenvalue weighted by atomic mass is 16.3. The second kappa shape index (κ2) is 8.39. The Kier molecular flexibility index (Phi) is 7.17. The lowest BCUT2D eigenvalue weighted by atomic mass is 10.1. The molecule has 0 atom stereocenters. The molecule has 0 saturated heterocycles. The van der Waals surface area contributed by atoms with Crippen LogP contribution in [0.3, 0.4) is 0 Å². The fourth-order valence-electron chi connectivity index (χ4n) is 1.93. The van der Waals surface area contributed by atoms with Gasteiger partial charge in [0.2, 0.25) is 0 Å². The maximum atomic E-state index is 5.62. The van der Waals surface area contributed by atoms with Crippen molar-refractivity contribution >= 4 is 0 Å². The summed E-state index contributed by atoms with van der Waals surface area (Å²) in [6, 6.07) is 2.17. The zero-order chi connectivity index (χ0) is 14.3. The molecular weight excluding hydrogens is 236 g/mol. The average Bonchev–Trinajstić information content (AvgIpc) is 2.73. The first-order valence-electron chi connectivity index (χ1n) is 7.43. The monoisotopic (exact) mass is 266 g/mol. The van der Waals surface area contributed by atoms with Crippen LogP contribution in [0.15, 0.2) is 16.7 Å². The maximum Gasteiger partial charge on any atom is 0.118 e. The Labute approximate surface area is 118 Å². The molecule has 19 heavy (non-hydrogen) atoms. The predicted molar refractivity (Wildman–Crippen MR) is 81.0 cm³/mol. The molecule has 0 aliphatic heterocycles. The first-order valence-corrected chi connectivity index (χ1v) is 7.43. The van der Waals surface area contributed by atoms with Gasteiger partial charge in [0, 0.05) is 12.1 Å². The lowest BCUT2D eigenvalue weighted by Gasteiger charge is -2.16. The topological polar surface area (TPSA) is 28.4 Å². The van der Waals surface area contributed by atoms with Gasteiger partial charge in [0.1, 0.15) is 5.76 Å². The molecule has 0 aliphatic carbocycles. The summed E-state index contributed by atoms with van der Waals surface area (Å²) in [4.78, 5) is 2.32. The number of nitrogens with zero attached hydrogens (tertiary/aromatic N) is 1. The molecule has 1 aromatic heterocycles. The Balaban J connectivity index is 2.29. The molecule has 0 bridgehead atoms. The number of hydrogen-bond acceptors (Lipinski definition) is 3. The molecule has 1 N–H and O–H groups in total. The van der Waals surface area contributed by atoms with Gasteiger partial charge in [-0.2, -0.15) is 0 Å². The van der Waals surface area contributed by atoms with Crippen molar-refractivity contribution in [3.8, 4) is 0 Å². The molecule has 0 spiro atoms. The van der Waals surface area contributed by atoms with E-state index in [0.29, 0.717) is 5.92 Å². The van der Waals surface area contributed by atoms with Crippen LogP contribution in [0.25, 0.3) is 0 Å². The smallest absolute Gasteiger partial charge is 0.118 e. The van der Waals surface area contributed by atoms with Crippen molar-refractivity contribution in [1.82, 2.24) is 10.2 Å². The van der Waals surface area contributed by atoms with E-state index in [1.54, 1.807) is 0 Å². The number of furan rings is 1. The van der Waals surface area contributed by atoms with E-state index in [4.69, 9.17) is 4.42 Å². The van der Waals surface area contributed by atoms with Gasteiger partial charge in [-0.05, 0) is 44.5 Å². The lowest BCUT2D eigenvalue weighted by Crippen LogP contribution is -2.20. The highest BCUT2D eigenvalue weighted by Crippen LogP contribution is 2.11. The number of hydrogen-bond donors (Lipinski definition) is 1. The zero-order valence-electron chi connectivity index (χ0n) is 13.2. The molecule has 0 saturated carbocycles. The van der Waals surface area contributed by atoms with E-state index in [1.165, 1.54) is 12.0 Å². The largest absolute Gasteiger partial charge is 0.468 e. The van der Waals surface area contributed by atoms with Gasteiger partial charge in [0.25, 0.3) is 0 Å². The van der Waals surface area contributed by atoms with E-state index in [0.717, 1.165) is 37.9 Å². The van der Waals surface area contributed by atoms with Crippen molar-refractivity contribution in [1.29, 1.82) is 0 Å². The molecule has 0 aliphatic rings. The van der Waals surface area contributed by atoms with Crippen molar-refractivity contribution in [2.45, 2.75) is 47.2 Å². The summed E-state index contributed by atoms with van der Waals surface area (Å²) in [5, 5.41) is 3.43. The molecule has 110 valence electrons. The standard InChI is InChI=1S/C16H30N2O/c1-13(2)6-7-18(5)11-16-8-15(12-19-16)10-17-9-14(3)4/h8,12-14,17H,6-7,9-11H2,1-5H3. The average molecular weight is 266 g/mol. The van der Waals surface area contributed by atoms with Gasteiger partial charge in [0.05, 0.1) is 12.8 Å². The van der Waals surface area contributed by atoms with Crippen molar-refractivity contribution in [2.75, 3.05) is 20.1 Å². The third-order valence-electron chi connectivity index (χ3n) is 3.10. The summed E-state index contributed by atoms with van der Waals surface area (Å²) in [6.45, 7) is 12.9. The highest BCUT2D eigenvalue weighted by molar-refractivity contribution is 5.12. The molecule has 1 aromatic rings. The molecule has 0 fully saturated rings. The SMILES string of the molecule is CC(C)CCN(C)Cc1cc(CNCC(C)C)co1. The fraction of sp³-hybridized carbons (Fsp3) is 0.750. The molecule has 3 heteroatoms. The van der Waals surface area contributed by atoms with Gasteiger partial charge in [-0.15, -0.1) is 0 Å². The fourth-order valence-corrected chi connectivity index (χ4v) is 1.93. The quantitative estimate of drug-likeness (QED) is 0.741. The summed E-state index contributed by atoms with van der Waals surface area (Å²) >= 11 is 0. The van der Waals surface area contributed by atoms with Crippen LogP contribution in [-0.4, -0.2) is 25.0 Å². The van der Waals surface area contributed by atoms with Crippen LogP contribution in [0.5, 0.6) is 0 Å². The van der Waals surface area contributed by atoms with Crippen LogP contribution in [-0.2, 0) is 13.1 Å². The maximum absolute atomic E-state index is 5.62. The first kappa shape index (κ1) is 16.3. The molecule has 0 aromatic carbocycles. The van der Waals surface area contributed by atoms with Gasteiger partial charge >= 0.3 is 0 Å². The van der Waals surface area contributed by atoms with Gasteiger partial charge < -0.3 is 9.73 Å². The summed E-state index contributed by atoms with van der Waals surface area (Å²) in [7, 11) is 2.15. The minimum absolute atomic E-state index is 0.688. The van der Waals surface area contributed by atoms with E-state index in [9.17, 15) is 0 Å². The minimum Gasteiger partial charge on any atom is -0.468 e. The second-order valence-electron chi connectivity index (χ2n) is 6.37. The van der Waals surface area contributed by atoms with E-state index in [1.807, 2.05) is 6.26 Å². The Bertz CT molecular complexity index is 344. The minimum atomic E-state index is 0.688. The molecule has 1 heterocycles. The van der Waals surface area contributed by atoms with Crippen LogP contribution in [0.2, 0.25) is 0 Å². The molecule has 0 amide bonds. The van der Waals surface area contributed by atoms with Crippen LogP contribution in [0.1, 0.15) is 45.4 Å². The number of rotatable bonds is 9. The van der Waals surface area contributed by atoms with E-state index < -0.39 is 0 Å². The predicted octanol–water partition coefficient (Wildman–Crippen LogP) is 3.50. The second-order valence-corrected chi connectivity index (χ2v) is 6.37. The van der Waals surface area contributed by atoms with Crippen molar-refractivity contribution in [2.24, 2.45) is 11.8 Å². The Morgan fingerprint density at radius 1 is 1.21 bits per heavy atom. The van der Waals surface area contributed by atoms with Crippen LogP contribution >= 0.6 is 0 Å². The lowest BCUT2D eigenvalue weighted by molar-refractivity contribution is 0.278. The van der Waals surface area contributed by atoms with Gasteiger partial charge in [-0.1, -0.05) is 27.7 Å². The third-order valence-corrected chi connectivity index (χ3v) is 3.10. The summed E-state index contributed by atoms with van der Waals surface area (Å²) in [5.41, 5.74) is 1.24. The van der Waals surface area contributed by atoms with Gasteiger partial charge in [-0.3, -0.25) is 4.90 Å². The summed E-state index contributed by atoms with van der Waals surface area (Å²) in [5.74, 6) is 2.51. The van der Waals surface area contributed by atoms with E-state index in [-0.39, 0.29) is 0 Å². The first-order chi connectivity index (χ1) is 8.97. The Morgan fingerprint density at radius 3 is 2.58 bits per heavy atom. The Morgan fingerprint density at radius 2 is 1.95 bits per heavy atom. The summed E-state index contributed by atoms with van der Waals surface area (Å²) < 4.78 is 5.62. The van der Waals surface area contributed by atoms with Crippen LogP contribution in [0.4, 0.5) is 0 Å². The highest BCUT2D eigenvalue weighted by Gasteiger charge is 2.06. The number of nitrogens with one attached hydrogen (secondary N) is 1. The van der Waals surface area contributed by atoms with Gasteiger partial charge in [0.15, 0.2) is 0 Å². The van der Waals surface area contributed by atoms with Crippen molar-refractivity contribution in [3.05, 3.63) is 23.7 Å². The molecule has 1 rings (SSSR count). The van der Waals surface area contributed by atoms with E-state index >= 15 is 0 Å². The van der Waals surface area contributed by atoms with Crippen molar-refractivity contribution in [3.63, 3.8) is 0 Å². The van der Waals surface area contributed by atoms with Gasteiger partial charge in [-0.25, -0.2) is 0 Å². The summed E-state index contributed by atoms with van der Waals surface area (Å²) in [6.07, 6.45) is 3.11. The third kappa shape index (κ3) is 7.38. The molecule has 0 unspecified atom stereocenters. The van der Waals surface area contributed by atoms with Crippen LogP contribution < -0.4 is 5.32 Å². The normalized spacial score (nSPS) is 12.0. The molecule has 3 nitrogen and oxygen atoms in total. The Hall–Kier alpha value is -0.800.